The van der Waals surface area contributed by atoms with Crippen LogP contribution >= 0.6 is 0 Å². The van der Waals surface area contributed by atoms with Gasteiger partial charge in [-0.25, -0.2) is 4.39 Å². The number of anilines is 1. The van der Waals surface area contributed by atoms with Crippen molar-refractivity contribution in [1.29, 1.82) is 0 Å². The van der Waals surface area contributed by atoms with Crippen LogP contribution < -0.4 is 10.6 Å². The van der Waals surface area contributed by atoms with Gasteiger partial charge in [-0.3, -0.25) is 19.6 Å². The molecule has 0 aliphatic carbocycles. The van der Waals surface area contributed by atoms with Crippen molar-refractivity contribution in [1.82, 2.24) is 9.97 Å². The second-order valence-electron chi connectivity index (χ2n) is 5.78. The summed E-state index contributed by atoms with van der Waals surface area (Å²) < 4.78 is 13.7. The summed E-state index contributed by atoms with van der Waals surface area (Å²) in [4.78, 5) is 34.2. The van der Waals surface area contributed by atoms with Crippen LogP contribution in [0.3, 0.4) is 0 Å². The molecule has 1 amide bonds. The van der Waals surface area contributed by atoms with Gasteiger partial charge in [0.1, 0.15) is 5.82 Å². The molecule has 2 heterocycles. The Kier molecular flexibility index (Phi) is 5.63. The zero-order chi connectivity index (χ0) is 19.2. The molecule has 1 aromatic carbocycles. The number of aromatic nitrogens is 2. The van der Waals surface area contributed by atoms with E-state index in [9.17, 15) is 14.0 Å². The van der Waals surface area contributed by atoms with Crippen LogP contribution in [0.4, 0.5) is 10.1 Å². The van der Waals surface area contributed by atoms with E-state index in [1.54, 1.807) is 36.5 Å². The quantitative estimate of drug-likeness (QED) is 0.679. The third kappa shape index (κ3) is 4.39. The number of hydrogen-bond acceptors (Lipinski definition) is 5. The SMILES string of the molecule is NCC(=O)c1ccc(CN(C(=O)c2cccnc2)c2cccc(F)c2)nc1. The average molecular weight is 364 g/mol. The summed E-state index contributed by atoms with van der Waals surface area (Å²) >= 11 is 0. The Hall–Kier alpha value is -3.45. The number of benzene rings is 1. The maximum absolute atomic E-state index is 13.7. The smallest absolute Gasteiger partial charge is 0.260 e. The van der Waals surface area contributed by atoms with Crippen molar-refractivity contribution in [3.63, 3.8) is 0 Å². The van der Waals surface area contributed by atoms with Gasteiger partial charge >= 0.3 is 0 Å². The molecule has 0 unspecified atom stereocenters. The number of carbonyl (C=O) groups excluding carboxylic acids is 2. The highest BCUT2D eigenvalue weighted by molar-refractivity contribution is 6.05. The Morgan fingerprint density at radius 1 is 1.04 bits per heavy atom. The van der Waals surface area contributed by atoms with E-state index in [-0.39, 0.29) is 24.8 Å². The maximum atomic E-state index is 13.7. The minimum atomic E-state index is -0.451. The van der Waals surface area contributed by atoms with Crippen molar-refractivity contribution in [2.24, 2.45) is 5.73 Å². The van der Waals surface area contributed by atoms with Crippen molar-refractivity contribution in [3.05, 3.63) is 89.8 Å². The van der Waals surface area contributed by atoms with E-state index < -0.39 is 5.82 Å². The van der Waals surface area contributed by atoms with E-state index in [0.717, 1.165) is 0 Å². The number of ketones is 1. The minimum absolute atomic E-state index is 0.101. The Balaban J connectivity index is 1.92. The number of halogens is 1. The lowest BCUT2D eigenvalue weighted by Gasteiger charge is -2.22. The van der Waals surface area contributed by atoms with Gasteiger partial charge in [-0.15, -0.1) is 0 Å². The van der Waals surface area contributed by atoms with Gasteiger partial charge in [0.2, 0.25) is 0 Å². The molecule has 0 saturated heterocycles. The van der Waals surface area contributed by atoms with Crippen LogP contribution in [0.25, 0.3) is 0 Å². The fourth-order valence-corrected chi connectivity index (χ4v) is 2.53. The van der Waals surface area contributed by atoms with Crippen molar-refractivity contribution in [2.45, 2.75) is 6.54 Å². The first-order valence-corrected chi connectivity index (χ1v) is 8.24. The molecule has 6 nitrogen and oxygen atoms in total. The van der Waals surface area contributed by atoms with Crippen molar-refractivity contribution >= 4 is 17.4 Å². The first-order chi connectivity index (χ1) is 13.1. The van der Waals surface area contributed by atoms with E-state index in [4.69, 9.17) is 5.73 Å². The van der Waals surface area contributed by atoms with Crippen LogP contribution in [-0.2, 0) is 6.54 Å². The van der Waals surface area contributed by atoms with Crippen LogP contribution in [0, 0.1) is 5.82 Å². The van der Waals surface area contributed by atoms with Gasteiger partial charge in [-0.05, 0) is 42.5 Å². The summed E-state index contributed by atoms with van der Waals surface area (Å²) in [5.41, 5.74) is 7.06. The molecule has 2 aromatic heterocycles. The van der Waals surface area contributed by atoms with Gasteiger partial charge in [-0.1, -0.05) is 6.07 Å². The molecule has 3 rings (SSSR count). The molecule has 0 atom stereocenters. The van der Waals surface area contributed by atoms with E-state index in [1.807, 2.05) is 0 Å². The summed E-state index contributed by atoms with van der Waals surface area (Å²) in [7, 11) is 0. The topological polar surface area (TPSA) is 89.2 Å². The van der Waals surface area contributed by atoms with Crippen LogP contribution in [0.2, 0.25) is 0 Å². The monoisotopic (exact) mass is 364 g/mol. The van der Waals surface area contributed by atoms with Gasteiger partial charge in [0, 0.05) is 29.8 Å². The van der Waals surface area contributed by atoms with Crippen LogP contribution in [0.1, 0.15) is 26.4 Å². The fourth-order valence-electron chi connectivity index (χ4n) is 2.53. The fraction of sp³-hybridized carbons (Fsp3) is 0.100. The highest BCUT2D eigenvalue weighted by Crippen LogP contribution is 2.20. The lowest BCUT2D eigenvalue weighted by Crippen LogP contribution is -2.31. The van der Waals surface area contributed by atoms with E-state index >= 15 is 0 Å². The van der Waals surface area contributed by atoms with Gasteiger partial charge in [0.05, 0.1) is 24.3 Å². The summed E-state index contributed by atoms with van der Waals surface area (Å²) in [6, 6.07) is 12.3. The Bertz CT molecular complexity index is 946. The normalized spacial score (nSPS) is 10.4. The Morgan fingerprint density at radius 2 is 1.89 bits per heavy atom. The second kappa shape index (κ2) is 8.29. The molecule has 0 spiro atoms. The summed E-state index contributed by atoms with van der Waals surface area (Å²) in [5, 5.41) is 0. The van der Waals surface area contributed by atoms with Crippen LogP contribution in [0.15, 0.2) is 67.1 Å². The Labute approximate surface area is 155 Å². The lowest BCUT2D eigenvalue weighted by molar-refractivity contribution is 0.0980. The maximum Gasteiger partial charge on any atom is 0.260 e. The summed E-state index contributed by atoms with van der Waals surface area (Å²) in [6.07, 6.45) is 4.44. The number of carbonyl (C=O) groups is 2. The number of rotatable bonds is 6. The van der Waals surface area contributed by atoms with Crippen molar-refractivity contribution in [3.8, 4) is 0 Å². The molecule has 0 aliphatic rings. The number of amides is 1. The molecule has 27 heavy (non-hydrogen) atoms. The molecular formula is C20H17FN4O2. The molecule has 0 fully saturated rings. The van der Waals surface area contributed by atoms with E-state index in [1.165, 1.54) is 35.5 Å². The molecule has 0 radical (unpaired) electrons. The second-order valence-corrected chi connectivity index (χ2v) is 5.78. The number of Topliss-reactive ketones (excluding diaryl/α,β-unsaturated/α-hetero) is 1. The zero-order valence-electron chi connectivity index (χ0n) is 14.4. The number of pyridine rings is 2. The average Bonchev–Trinajstić information content (AvgIpc) is 2.72. The van der Waals surface area contributed by atoms with Gasteiger partial charge in [0.15, 0.2) is 5.78 Å². The van der Waals surface area contributed by atoms with Crippen LogP contribution in [-0.4, -0.2) is 28.2 Å². The highest BCUT2D eigenvalue weighted by atomic mass is 19.1. The van der Waals surface area contributed by atoms with Gasteiger partial charge in [0.25, 0.3) is 5.91 Å². The molecular weight excluding hydrogens is 347 g/mol. The Morgan fingerprint density at radius 3 is 2.52 bits per heavy atom. The molecule has 7 heteroatoms. The minimum Gasteiger partial charge on any atom is -0.324 e. The standard InChI is InChI=1S/C20H17FN4O2/c21-16-4-1-5-18(9-16)25(20(27)15-3-2-8-23-11-15)13-17-7-6-14(12-24-17)19(26)10-22/h1-9,11-12H,10,13,22H2. The van der Waals surface area contributed by atoms with Crippen LogP contribution in [0.5, 0.6) is 0 Å². The third-order valence-corrected chi connectivity index (χ3v) is 3.93. The zero-order valence-corrected chi connectivity index (χ0v) is 14.4. The highest BCUT2D eigenvalue weighted by Gasteiger charge is 2.19. The number of hydrogen-bond donors (Lipinski definition) is 1. The van der Waals surface area contributed by atoms with Crippen molar-refractivity contribution in [2.75, 3.05) is 11.4 Å². The molecule has 136 valence electrons. The number of nitrogens with two attached hydrogens (primary N) is 1. The summed E-state index contributed by atoms with van der Waals surface area (Å²) in [6.45, 7) is 0.00418. The van der Waals surface area contributed by atoms with Crippen molar-refractivity contribution < 1.29 is 14.0 Å². The van der Waals surface area contributed by atoms with E-state index in [2.05, 4.69) is 9.97 Å². The lowest BCUT2D eigenvalue weighted by atomic mass is 10.1. The van der Waals surface area contributed by atoms with Gasteiger partial charge in [-0.2, -0.15) is 0 Å². The summed E-state index contributed by atoms with van der Waals surface area (Å²) in [5.74, 6) is -1.01. The predicted molar refractivity (Wildman–Crippen MR) is 98.8 cm³/mol. The molecule has 0 bridgehead atoms. The molecule has 0 saturated carbocycles. The van der Waals surface area contributed by atoms with Gasteiger partial charge < -0.3 is 10.6 Å². The largest absolute Gasteiger partial charge is 0.324 e. The van der Waals surface area contributed by atoms with E-state index in [0.29, 0.717) is 22.5 Å². The number of nitrogens with zero attached hydrogens (tertiary/aromatic N) is 3. The molecule has 2 N–H and O–H groups in total. The predicted octanol–water partition coefficient (Wildman–Crippen LogP) is 2.60. The molecule has 3 aromatic rings. The molecule has 0 aliphatic heterocycles. The third-order valence-electron chi connectivity index (χ3n) is 3.93. The first-order valence-electron chi connectivity index (χ1n) is 8.24. The first kappa shape index (κ1) is 18.3.